The molecular formula is C14H20O10. The summed E-state index contributed by atoms with van der Waals surface area (Å²) in [5.41, 5.74) is 0. The maximum Gasteiger partial charge on any atom is 0.303 e. The average molecular weight is 348 g/mol. The first-order valence-electron chi connectivity index (χ1n) is 7.10. The Labute approximate surface area is 137 Å². The highest BCUT2D eigenvalue weighted by atomic mass is 16.7. The first kappa shape index (κ1) is 19.8. The number of carbonyl (C=O) groups excluding carboxylic acids is 4. The molecule has 1 N–H and O–H groups in total. The maximum atomic E-state index is 11.3. The van der Waals surface area contributed by atoms with Crippen LogP contribution in [0.2, 0.25) is 0 Å². The molecule has 0 saturated carbocycles. The predicted octanol–water partition coefficient (Wildman–Crippen LogP) is -0.938. The number of hydrogen-bond acceptors (Lipinski definition) is 10. The molecule has 10 nitrogen and oxygen atoms in total. The van der Waals surface area contributed by atoms with E-state index in [4.69, 9.17) is 23.7 Å². The van der Waals surface area contributed by atoms with Crippen LogP contribution >= 0.6 is 0 Å². The lowest BCUT2D eigenvalue weighted by atomic mass is 9.98. The highest BCUT2D eigenvalue weighted by Crippen LogP contribution is 2.28. The van der Waals surface area contributed by atoms with E-state index >= 15 is 0 Å². The van der Waals surface area contributed by atoms with Gasteiger partial charge in [-0.25, -0.2) is 0 Å². The maximum absolute atomic E-state index is 11.3. The third-order valence-corrected chi connectivity index (χ3v) is 2.97. The smallest absolute Gasteiger partial charge is 0.303 e. The van der Waals surface area contributed by atoms with Gasteiger partial charge in [0, 0.05) is 27.7 Å². The van der Waals surface area contributed by atoms with Crippen LogP contribution in [0.15, 0.2) is 0 Å². The van der Waals surface area contributed by atoms with E-state index in [0.29, 0.717) is 0 Å². The van der Waals surface area contributed by atoms with E-state index in [1.807, 2.05) is 0 Å². The Morgan fingerprint density at radius 3 is 1.71 bits per heavy atom. The summed E-state index contributed by atoms with van der Waals surface area (Å²) in [6, 6.07) is 0. The molecule has 0 aromatic heterocycles. The molecule has 1 aliphatic heterocycles. The molecule has 136 valence electrons. The van der Waals surface area contributed by atoms with Crippen molar-refractivity contribution < 1.29 is 48.0 Å². The fraction of sp³-hybridized carbons (Fsp3) is 0.714. The molecule has 0 aliphatic carbocycles. The second kappa shape index (κ2) is 8.60. The largest absolute Gasteiger partial charge is 0.463 e. The zero-order valence-corrected chi connectivity index (χ0v) is 13.7. The van der Waals surface area contributed by atoms with Gasteiger partial charge >= 0.3 is 23.9 Å². The third-order valence-electron chi connectivity index (χ3n) is 2.97. The van der Waals surface area contributed by atoms with E-state index in [1.54, 1.807) is 0 Å². The number of ether oxygens (including phenoxy) is 5. The van der Waals surface area contributed by atoms with Gasteiger partial charge in [0.1, 0.15) is 12.7 Å². The number of carbonyl (C=O) groups is 4. The molecule has 1 fully saturated rings. The SMILES string of the molecule is CC(=O)OCC1O[C@@H](O)C(OC(C)=O)C(OC(C)=O)[C@@H]1OC(C)=O. The van der Waals surface area contributed by atoms with Crippen LogP contribution in [-0.4, -0.2) is 66.3 Å². The fourth-order valence-electron chi connectivity index (χ4n) is 2.21. The molecule has 0 aromatic rings. The zero-order valence-electron chi connectivity index (χ0n) is 13.7. The summed E-state index contributed by atoms with van der Waals surface area (Å²) in [6.45, 7) is 4.09. The van der Waals surface area contributed by atoms with Crippen molar-refractivity contribution in [1.82, 2.24) is 0 Å². The lowest BCUT2D eigenvalue weighted by Gasteiger charge is -2.42. The number of hydrogen-bond donors (Lipinski definition) is 1. The summed E-state index contributed by atoms with van der Waals surface area (Å²) in [5, 5.41) is 10.0. The molecule has 1 saturated heterocycles. The summed E-state index contributed by atoms with van der Waals surface area (Å²) >= 11 is 0. The standard InChI is InChI=1S/C14H20O10/c1-6(15)20-5-10-11(21-7(2)16)12(22-8(3)17)13(14(19)24-10)23-9(4)18/h10-14,19H,5H2,1-4H3/t10?,11-,12?,13?,14-/m1/s1. The van der Waals surface area contributed by atoms with Crippen molar-refractivity contribution in [2.45, 2.75) is 58.4 Å². The highest BCUT2D eigenvalue weighted by molar-refractivity contribution is 5.68. The van der Waals surface area contributed by atoms with Crippen molar-refractivity contribution >= 4 is 23.9 Å². The lowest BCUT2D eigenvalue weighted by molar-refractivity contribution is -0.296. The average Bonchev–Trinajstić information content (AvgIpc) is 2.42. The second-order valence-electron chi connectivity index (χ2n) is 5.09. The Bertz CT molecular complexity index is 502. The second-order valence-corrected chi connectivity index (χ2v) is 5.09. The van der Waals surface area contributed by atoms with Gasteiger partial charge in [-0.15, -0.1) is 0 Å². The molecule has 0 aromatic carbocycles. The van der Waals surface area contributed by atoms with E-state index in [0.717, 1.165) is 27.7 Å². The molecule has 0 amide bonds. The van der Waals surface area contributed by atoms with E-state index in [9.17, 15) is 24.3 Å². The summed E-state index contributed by atoms with van der Waals surface area (Å²) in [6.07, 6.45) is -6.79. The Balaban J connectivity index is 3.11. The van der Waals surface area contributed by atoms with Crippen LogP contribution < -0.4 is 0 Å². The van der Waals surface area contributed by atoms with Gasteiger partial charge in [-0.2, -0.15) is 0 Å². The molecule has 3 unspecified atom stereocenters. The minimum Gasteiger partial charge on any atom is -0.463 e. The lowest BCUT2D eigenvalue weighted by Crippen LogP contribution is -2.62. The van der Waals surface area contributed by atoms with Gasteiger partial charge in [0.2, 0.25) is 0 Å². The van der Waals surface area contributed by atoms with Crippen molar-refractivity contribution in [3.05, 3.63) is 0 Å². The van der Waals surface area contributed by atoms with Crippen molar-refractivity contribution in [1.29, 1.82) is 0 Å². The first-order chi connectivity index (χ1) is 11.1. The van der Waals surface area contributed by atoms with Crippen LogP contribution in [0.5, 0.6) is 0 Å². The Morgan fingerprint density at radius 2 is 1.25 bits per heavy atom. The molecule has 1 rings (SSSR count). The number of esters is 4. The molecule has 0 radical (unpaired) electrons. The molecule has 0 bridgehead atoms. The van der Waals surface area contributed by atoms with Gasteiger partial charge in [-0.3, -0.25) is 19.2 Å². The van der Waals surface area contributed by atoms with Crippen LogP contribution in [0, 0.1) is 0 Å². The van der Waals surface area contributed by atoms with Crippen LogP contribution in [0.1, 0.15) is 27.7 Å². The van der Waals surface area contributed by atoms with Crippen molar-refractivity contribution in [3.63, 3.8) is 0 Å². The third kappa shape index (κ3) is 5.78. The molecular weight excluding hydrogens is 328 g/mol. The van der Waals surface area contributed by atoms with Crippen LogP contribution in [-0.2, 0) is 42.9 Å². The van der Waals surface area contributed by atoms with E-state index in [1.165, 1.54) is 0 Å². The predicted molar refractivity (Wildman–Crippen MR) is 74.2 cm³/mol. The van der Waals surface area contributed by atoms with Crippen molar-refractivity contribution in [2.75, 3.05) is 6.61 Å². The normalized spacial score (nSPS) is 29.3. The Kier molecular flexibility index (Phi) is 7.11. The summed E-state index contributed by atoms with van der Waals surface area (Å²) in [5.74, 6) is -2.87. The quantitative estimate of drug-likeness (QED) is 0.490. The van der Waals surface area contributed by atoms with E-state index in [2.05, 4.69) is 0 Å². The van der Waals surface area contributed by atoms with Gasteiger partial charge in [0.25, 0.3) is 0 Å². The van der Waals surface area contributed by atoms with Gasteiger partial charge in [0.15, 0.2) is 24.6 Å². The topological polar surface area (TPSA) is 135 Å². The Morgan fingerprint density at radius 1 is 0.792 bits per heavy atom. The number of rotatable bonds is 5. The van der Waals surface area contributed by atoms with Gasteiger partial charge in [0.05, 0.1) is 0 Å². The molecule has 10 heteroatoms. The molecule has 5 atom stereocenters. The Hall–Kier alpha value is -2.20. The van der Waals surface area contributed by atoms with E-state index in [-0.39, 0.29) is 6.61 Å². The molecule has 0 spiro atoms. The van der Waals surface area contributed by atoms with Crippen molar-refractivity contribution in [2.24, 2.45) is 0 Å². The molecule has 1 heterocycles. The first-order valence-corrected chi connectivity index (χ1v) is 7.10. The van der Waals surface area contributed by atoms with Crippen molar-refractivity contribution in [3.8, 4) is 0 Å². The van der Waals surface area contributed by atoms with E-state index < -0.39 is 54.6 Å². The van der Waals surface area contributed by atoms with Crippen LogP contribution in [0.25, 0.3) is 0 Å². The summed E-state index contributed by atoms with van der Waals surface area (Å²) in [7, 11) is 0. The highest BCUT2D eigenvalue weighted by Gasteiger charge is 2.51. The van der Waals surface area contributed by atoms with Crippen LogP contribution in [0.4, 0.5) is 0 Å². The van der Waals surface area contributed by atoms with Gasteiger partial charge in [-0.1, -0.05) is 0 Å². The summed E-state index contributed by atoms with van der Waals surface area (Å²) in [4.78, 5) is 44.9. The van der Waals surface area contributed by atoms with Gasteiger partial charge < -0.3 is 28.8 Å². The minimum atomic E-state index is -1.68. The monoisotopic (exact) mass is 348 g/mol. The van der Waals surface area contributed by atoms with Gasteiger partial charge in [-0.05, 0) is 0 Å². The fourth-order valence-corrected chi connectivity index (χ4v) is 2.21. The zero-order chi connectivity index (χ0) is 18.4. The molecule has 1 aliphatic rings. The summed E-state index contributed by atoms with van der Waals surface area (Å²) < 4.78 is 25.0. The number of aliphatic hydroxyl groups is 1. The minimum absolute atomic E-state index is 0.366. The molecule has 24 heavy (non-hydrogen) atoms. The number of aliphatic hydroxyl groups excluding tert-OH is 1. The van der Waals surface area contributed by atoms with Crippen LogP contribution in [0.3, 0.4) is 0 Å².